The molecule has 9 nitrogen and oxygen atoms in total. The molecule has 1 saturated carbocycles. The summed E-state index contributed by atoms with van der Waals surface area (Å²) in [6, 6.07) is 5.39. The maximum absolute atomic E-state index is 13.2. The van der Waals surface area contributed by atoms with Crippen LogP contribution in [0.5, 0.6) is 11.6 Å². The van der Waals surface area contributed by atoms with Gasteiger partial charge in [0.25, 0.3) is 0 Å². The van der Waals surface area contributed by atoms with Crippen molar-refractivity contribution in [2.45, 2.75) is 31.4 Å². The smallest absolute Gasteiger partial charge is 0.434 e. The zero-order valence-electron chi connectivity index (χ0n) is 22.2. The van der Waals surface area contributed by atoms with E-state index >= 15 is 0 Å². The predicted octanol–water partition coefficient (Wildman–Crippen LogP) is 4.44. The Morgan fingerprint density at radius 3 is 2.54 bits per heavy atom. The van der Waals surface area contributed by atoms with Gasteiger partial charge in [-0.15, -0.1) is 0 Å². The lowest BCUT2D eigenvalue weighted by molar-refractivity contribution is -0.140. The lowest BCUT2D eigenvalue weighted by Crippen LogP contribution is -2.37. The van der Waals surface area contributed by atoms with E-state index in [1.165, 1.54) is 25.1 Å². The number of nitrogens with two attached hydrogens (primary N) is 1. The molecule has 1 aliphatic heterocycles. The van der Waals surface area contributed by atoms with E-state index < -0.39 is 11.9 Å². The third-order valence-electron chi connectivity index (χ3n) is 7.14. The summed E-state index contributed by atoms with van der Waals surface area (Å²) < 4.78 is 52.2. The van der Waals surface area contributed by atoms with Crippen molar-refractivity contribution in [1.82, 2.24) is 19.5 Å². The second-order valence-corrected chi connectivity index (χ2v) is 9.59. The topological polar surface area (TPSA) is 104 Å². The molecule has 3 aromatic rings. The zero-order chi connectivity index (χ0) is 27.9. The summed E-state index contributed by atoms with van der Waals surface area (Å²) >= 11 is 0. The van der Waals surface area contributed by atoms with Crippen LogP contribution in [0.15, 0.2) is 41.3 Å². The van der Waals surface area contributed by atoms with Crippen LogP contribution in [0.2, 0.25) is 0 Å². The minimum atomic E-state index is -4.54. The minimum Gasteiger partial charge on any atom is -0.496 e. The third kappa shape index (κ3) is 5.02. The lowest BCUT2D eigenvalue weighted by Gasteiger charge is -2.33. The van der Waals surface area contributed by atoms with Gasteiger partial charge in [-0.1, -0.05) is 0 Å². The Labute approximate surface area is 224 Å². The fraction of sp³-hybridized carbons (Fsp3) is 0.407. The van der Waals surface area contributed by atoms with Crippen molar-refractivity contribution in [2.75, 3.05) is 39.3 Å². The van der Waals surface area contributed by atoms with Gasteiger partial charge in [-0.25, -0.2) is 15.0 Å². The van der Waals surface area contributed by atoms with E-state index in [2.05, 4.69) is 24.8 Å². The Morgan fingerprint density at radius 2 is 1.92 bits per heavy atom. The molecule has 0 radical (unpaired) electrons. The number of aryl methyl sites for hydroxylation is 1. The number of rotatable bonds is 6. The molecule has 39 heavy (non-hydrogen) atoms. The van der Waals surface area contributed by atoms with Gasteiger partial charge in [-0.05, 0) is 25.0 Å². The van der Waals surface area contributed by atoms with E-state index in [0.717, 1.165) is 41.7 Å². The number of aliphatic imine (C=N–C) groups is 1. The molecule has 0 amide bonds. The molecular formula is C27H30F3N7O2. The quantitative estimate of drug-likeness (QED) is 0.492. The number of anilines is 1. The highest BCUT2D eigenvalue weighted by Gasteiger charge is 2.35. The highest BCUT2D eigenvalue weighted by molar-refractivity contribution is 6.08. The predicted molar refractivity (Wildman–Crippen MR) is 142 cm³/mol. The summed E-state index contributed by atoms with van der Waals surface area (Å²) in [4.78, 5) is 19.3. The SMILES string of the molecule is CN=C1CCN(c2ccc(-c3nc(C(F)(F)F)cn3C)c(OC)c2)C/C1=C(/N)c1c(OC)ncnc1C1CC1. The number of nitrogens with zero attached hydrogens (tertiary/aromatic N) is 6. The first-order valence-corrected chi connectivity index (χ1v) is 12.5. The number of methoxy groups -OCH3 is 2. The summed E-state index contributed by atoms with van der Waals surface area (Å²) in [7, 11) is 6.32. The van der Waals surface area contributed by atoms with E-state index in [-0.39, 0.29) is 5.82 Å². The molecule has 12 heteroatoms. The van der Waals surface area contributed by atoms with E-state index in [4.69, 9.17) is 15.2 Å². The van der Waals surface area contributed by atoms with Gasteiger partial charge in [0.15, 0.2) is 5.69 Å². The number of alkyl halides is 3. The van der Waals surface area contributed by atoms with E-state index in [1.54, 1.807) is 26.3 Å². The summed E-state index contributed by atoms with van der Waals surface area (Å²) in [5.41, 5.74) is 11.0. The molecule has 0 unspecified atom stereocenters. The highest BCUT2D eigenvalue weighted by Crippen LogP contribution is 2.44. The van der Waals surface area contributed by atoms with Crippen LogP contribution in [0.3, 0.4) is 0 Å². The van der Waals surface area contributed by atoms with Gasteiger partial charge in [0.1, 0.15) is 17.9 Å². The molecular weight excluding hydrogens is 511 g/mol. The normalized spacial score (nSPS) is 18.4. The van der Waals surface area contributed by atoms with Gasteiger partial charge in [-0.3, -0.25) is 4.99 Å². The third-order valence-corrected chi connectivity index (χ3v) is 7.14. The Hall–Kier alpha value is -4.09. The molecule has 1 aliphatic carbocycles. The molecule has 2 aromatic heterocycles. The fourth-order valence-corrected chi connectivity index (χ4v) is 4.98. The van der Waals surface area contributed by atoms with E-state index in [0.29, 0.717) is 53.9 Å². The average molecular weight is 542 g/mol. The summed E-state index contributed by atoms with van der Waals surface area (Å²) in [5.74, 6) is 1.35. The molecule has 1 aromatic carbocycles. The van der Waals surface area contributed by atoms with Crippen LogP contribution in [-0.4, -0.2) is 59.6 Å². The molecule has 3 heterocycles. The van der Waals surface area contributed by atoms with Crippen molar-refractivity contribution in [3.63, 3.8) is 0 Å². The maximum Gasteiger partial charge on any atom is 0.434 e. The Bertz CT molecular complexity index is 1460. The van der Waals surface area contributed by atoms with Crippen LogP contribution in [0, 0.1) is 0 Å². The number of imidazole rings is 1. The number of hydrogen-bond acceptors (Lipinski definition) is 8. The van der Waals surface area contributed by atoms with Crippen molar-refractivity contribution in [3.05, 3.63) is 53.2 Å². The van der Waals surface area contributed by atoms with Gasteiger partial charge < -0.3 is 24.7 Å². The largest absolute Gasteiger partial charge is 0.496 e. The molecule has 2 aliphatic rings. The molecule has 2 N–H and O–H groups in total. The molecule has 5 rings (SSSR count). The molecule has 2 fully saturated rings. The Balaban J connectivity index is 1.52. The first-order chi connectivity index (χ1) is 18.7. The molecule has 0 bridgehead atoms. The number of halogens is 3. The number of benzene rings is 1. The number of hydrogen-bond donors (Lipinski definition) is 1. The minimum absolute atomic E-state index is 0.165. The van der Waals surface area contributed by atoms with Crippen molar-refractivity contribution in [1.29, 1.82) is 0 Å². The Morgan fingerprint density at radius 1 is 1.15 bits per heavy atom. The first kappa shape index (κ1) is 26.5. The highest BCUT2D eigenvalue weighted by atomic mass is 19.4. The summed E-state index contributed by atoms with van der Waals surface area (Å²) in [6.45, 7) is 1.13. The monoisotopic (exact) mass is 541 g/mol. The average Bonchev–Trinajstić information content (AvgIpc) is 3.71. The Kier molecular flexibility index (Phi) is 6.96. The van der Waals surface area contributed by atoms with Gasteiger partial charge in [-0.2, -0.15) is 13.2 Å². The van der Waals surface area contributed by atoms with Gasteiger partial charge in [0.2, 0.25) is 5.88 Å². The van der Waals surface area contributed by atoms with Crippen LogP contribution >= 0.6 is 0 Å². The first-order valence-electron chi connectivity index (χ1n) is 12.5. The number of piperidine rings is 1. The number of ether oxygens (including phenoxy) is 2. The molecule has 206 valence electrons. The van der Waals surface area contributed by atoms with Crippen LogP contribution in [-0.2, 0) is 13.2 Å². The second kappa shape index (κ2) is 10.2. The van der Waals surface area contributed by atoms with Crippen LogP contribution in [0.4, 0.5) is 18.9 Å². The van der Waals surface area contributed by atoms with Crippen molar-refractivity contribution >= 4 is 17.1 Å². The van der Waals surface area contributed by atoms with Crippen LogP contribution in [0.1, 0.15) is 42.1 Å². The van der Waals surface area contributed by atoms with Crippen molar-refractivity contribution < 1.29 is 22.6 Å². The summed E-state index contributed by atoms with van der Waals surface area (Å²) in [5, 5.41) is 0. The molecule has 0 atom stereocenters. The molecule has 1 saturated heterocycles. The van der Waals surface area contributed by atoms with Crippen LogP contribution in [0.25, 0.3) is 17.1 Å². The fourth-order valence-electron chi connectivity index (χ4n) is 4.98. The van der Waals surface area contributed by atoms with E-state index in [9.17, 15) is 13.2 Å². The maximum atomic E-state index is 13.2. The standard InChI is InChI=1S/C27H30F3N7O2/c1-32-19-9-10-37(12-18(19)23(31)22-24(15-5-6-15)33-14-34-26(22)39-4)16-7-8-17(20(11-16)38-3)25-35-21(13-36(25)2)27(28,29)30/h7-8,11,13-15H,5-6,9-10,12,31H2,1-4H3/b23-18-,32-19?. The lowest BCUT2D eigenvalue weighted by atomic mass is 9.95. The second-order valence-electron chi connectivity index (χ2n) is 9.59. The van der Waals surface area contributed by atoms with Crippen molar-refractivity contribution in [2.24, 2.45) is 17.8 Å². The van der Waals surface area contributed by atoms with Gasteiger partial charge in [0.05, 0.1) is 36.7 Å². The van der Waals surface area contributed by atoms with E-state index in [1.807, 2.05) is 6.07 Å². The van der Waals surface area contributed by atoms with Crippen molar-refractivity contribution in [3.8, 4) is 23.0 Å². The van der Waals surface area contributed by atoms with Gasteiger partial charge >= 0.3 is 6.18 Å². The summed E-state index contributed by atoms with van der Waals surface area (Å²) in [6.07, 6.45) is 0.676. The zero-order valence-corrected chi connectivity index (χ0v) is 22.2. The number of aromatic nitrogens is 4. The van der Waals surface area contributed by atoms with Gasteiger partial charge in [0, 0.05) is 68.8 Å². The molecule has 0 spiro atoms. The van der Waals surface area contributed by atoms with Crippen LogP contribution < -0.4 is 20.1 Å².